The highest BCUT2D eigenvalue weighted by Gasteiger charge is 2.24. The van der Waals surface area contributed by atoms with Crippen LogP contribution in [0.5, 0.6) is 0 Å². The summed E-state index contributed by atoms with van der Waals surface area (Å²) < 4.78 is 0.410. The number of hydrogen-bond donors (Lipinski definition) is 1. The Morgan fingerprint density at radius 3 is 2.15 bits per heavy atom. The average molecular weight is 179 g/mol. The van der Waals surface area contributed by atoms with Gasteiger partial charge in [-0.1, -0.05) is 6.92 Å². The SMILES string of the molecule is CCC[N+](CC#N)(CC#N)CC=N. The molecule has 0 bridgehead atoms. The lowest BCUT2D eigenvalue weighted by Gasteiger charge is -2.32. The maximum Gasteiger partial charge on any atom is 0.167 e. The van der Waals surface area contributed by atoms with Gasteiger partial charge < -0.3 is 5.41 Å². The minimum atomic E-state index is 0.316. The van der Waals surface area contributed by atoms with Gasteiger partial charge in [-0.15, -0.1) is 0 Å². The van der Waals surface area contributed by atoms with Crippen molar-refractivity contribution in [3.05, 3.63) is 0 Å². The second-order valence-electron chi connectivity index (χ2n) is 3.08. The van der Waals surface area contributed by atoms with E-state index in [0.717, 1.165) is 13.0 Å². The van der Waals surface area contributed by atoms with E-state index in [4.69, 9.17) is 15.9 Å². The summed E-state index contributed by atoms with van der Waals surface area (Å²) in [5, 5.41) is 24.3. The molecule has 0 rings (SSSR count). The Morgan fingerprint density at radius 2 is 1.85 bits per heavy atom. The highest BCUT2D eigenvalue weighted by atomic mass is 15.3. The molecular formula is C9H15N4+. The number of rotatable bonds is 6. The Hall–Kier alpha value is -1.39. The van der Waals surface area contributed by atoms with Crippen molar-refractivity contribution < 1.29 is 4.48 Å². The van der Waals surface area contributed by atoms with Gasteiger partial charge in [-0.3, -0.25) is 4.48 Å². The van der Waals surface area contributed by atoms with Crippen molar-refractivity contribution >= 4 is 6.21 Å². The number of hydrogen-bond acceptors (Lipinski definition) is 3. The van der Waals surface area contributed by atoms with Crippen LogP contribution < -0.4 is 0 Å². The van der Waals surface area contributed by atoms with E-state index < -0.39 is 0 Å². The Morgan fingerprint density at radius 1 is 1.31 bits per heavy atom. The van der Waals surface area contributed by atoms with Crippen molar-refractivity contribution in [3.8, 4) is 12.1 Å². The summed E-state index contributed by atoms with van der Waals surface area (Å²) in [5.41, 5.74) is 0. The molecular weight excluding hydrogens is 164 g/mol. The molecule has 0 radical (unpaired) electrons. The predicted octanol–water partition coefficient (Wildman–Crippen LogP) is 0.910. The molecule has 0 aliphatic carbocycles. The highest BCUT2D eigenvalue weighted by Crippen LogP contribution is 2.05. The van der Waals surface area contributed by atoms with Crippen molar-refractivity contribution in [1.82, 2.24) is 0 Å². The Kier molecular flexibility index (Phi) is 5.50. The molecule has 0 aromatic carbocycles. The molecule has 0 fully saturated rings. The van der Waals surface area contributed by atoms with Crippen LogP contribution in [0.4, 0.5) is 0 Å². The first-order valence-corrected chi connectivity index (χ1v) is 4.32. The molecule has 4 nitrogen and oxygen atoms in total. The Bertz CT molecular complexity index is 217. The molecule has 4 heteroatoms. The number of nitriles is 2. The van der Waals surface area contributed by atoms with E-state index in [0.29, 0.717) is 24.1 Å². The fourth-order valence-corrected chi connectivity index (χ4v) is 1.40. The molecule has 1 N–H and O–H groups in total. The normalized spacial score (nSPS) is 10.1. The summed E-state index contributed by atoms with van der Waals surface area (Å²) in [6, 6.07) is 4.16. The Labute approximate surface area is 79.1 Å². The quantitative estimate of drug-likeness (QED) is 0.374. The van der Waals surface area contributed by atoms with Crippen molar-refractivity contribution in [2.24, 2.45) is 0 Å². The van der Waals surface area contributed by atoms with Crippen LogP contribution in [0.2, 0.25) is 0 Å². The molecule has 70 valence electrons. The lowest BCUT2D eigenvalue weighted by molar-refractivity contribution is -0.906. The van der Waals surface area contributed by atoms with Gasteiger partial charge in [0.1, 0.15) is 18.7 Å². The molecule has 13 heavy (non-hydrogen) atoms. The number of quaternary nitrogens is 1. The van der Waals surface area contributed by atoms with Crippen molar-refractivity contribution in [2.75, 3.05) is 26.2 Å². The molecule has 0 aliphatic heterocycles. The van der Waals surface area contributed by atoms with Gasteiger partial charge in [0.15, 0.2) is 13.1 Å². The van der Waals surface area contributed by atoms with Gasteiger partial charge in [0.2, 0.25) is 0 Å². The van der Waals surface area contributed by atoms with E-state index in [1.807, 2.05) is 6.92 Å². The molecule has 0 aromatic rings. The summed E-state index contributed by atoms with van der Waals surface area (Å²) in [7, 11) is 0. The molecule has 0 amide bonds. The van der Waals surface area contributed by atoms with Gasteiger partial charge in [0, 0.05) is 6.21 Å². The summed E-state index contributed by atoms with van der Waals surface area (Å²) >= 11 is 0. The van der Waals surface area contributed by atoms with Gasteiger partial charge in [0.25, 0.3) is 0 Å². The van der Waals surface area contributed by atoms with Crippen LogP contribution in [0.25, 0.3) is 0 Å². The monoisotopic (exact) mass is 179 g/mol. The smallest absolute Gasteiger partial charge is 0.167 e. The first-order chi connectivity index (χ1) is 6.24. The fourth-order valence-electron chi connectivity index (χ4n) is 1.40. The molecule has 0 spiro atoms. The molecule has 0 unspecified atom stereocenters. The van der Waals surface area contributed by atoms with E-state index in [-0.39, 0.29) is 0 Å². The summed E-state index contributed by atoms with van der Waals surface area (Å²) in [6.07, 6.45) is 2.21. The minimum absolute atomic E-state index is 0.316. The third kappa shape index (κ3) is 3.68. The average Bonchev–Trinajstić information content (AvgIpc) is 2.06. The summed E-state index contributed by atoms with van der Waals surface area (Å²) in [5.74, 6) is 0. The predicted molar refractivity (Wildman–Crippen MR) is 50.0 cm³/mol. The van der Waals surface area contributed by atoms with Gasteiger partial charge in [-0.05, 0) is 6.42 Å². The lowest BCUT2D eigenvalue weighted by atomic mass is 10.3. The summed E-state index contributed by atoms with van der Waals surface area (Å²) in [6.45, 7) is 3.92. The first-order valence-electron chi connectivity index (χ1n) is 4.32. The minimum Gasteiger partial charge on any atom is -0.307 e. The zero-order valence-corrected chi connectivity index (χ0v) is 7.95. The van der Waals surface area contributed by atoms with E-state index in [2.05, 4.69) is 12.1 Å². The van der Waals surface area contributed by atoms with Gasteiger partial charge in [-0.2, -0.15) is 10.5 Å². The molecule has 0 saturated heterocycles. The van der Waals surface area contributed by atoms with E-state index in [1.165, 1.54) is 6.21 Å². The molecule has 0 saturated carbocycles. The third-order valence-electron chi connectivity index (χ3n) is 1.99. The van der Waals surface area contributed by atoms with E-state index >= 15 is 0 Å². The largest absolute Gasteiger partial charge is 0.307 e. The second-order valence-corrected chi connectivity index (χ2v) is 3.08. The van der Waals surface area contributed by atoms with Crippen LogP contribution in [0.15, 0.2) is 0 Å². The first kappa shape index (κ1) is 11.6. The zero-order chi connectivity index (χ0) is 10.2. The van der Waals surface area contributed by atoms with E-state index in [9.17, 15) is 0 Å². The fraction of sp³-hybridized carbons (Fsp3) is 0.667. The molecule has 0 atom stereocenters. The lowest BCUT2D eigenvalue weighted by Crippen LogP contribution is -2.50. The van der Waals surface area contributed by atoms with Crippen molar-refractivity contribution in [1.29, 1.82) is 15.9 Å². The van der Waals surface area contributed by atoms with Gasteiger partial charge in [0.05, 0.1) is 6.54 Å². The highest BCUT2D eigenvalue weighted by molar-refractivity contribution is 5.54. The van der Waals surface area contributed by atoms with Crippen LogP contribution in [-0.2, 0) is 0 Å². The van der Waals surface area contributed by atoms with Gasteiger partial charge in [-0.25, -0.2) is 0 Å². The van der Waals surface area contributed by atoms with Crippen molar-refractivity contribution in [2.45, 2.75) is 13.3 Å². The summed E-state index contributed by atoms with van der Waals surface area (Å²) in [4.78, 5) is 0. The van der Waals surface area contributed by atoms with Crippen LogP contribution in [0.3, 0.4) is 0 Å². The number of nitrogens with one attached hydrogen (secondary N) is 1. The van der Waals surface area contributed by atoms with E-state index in [1.54, 1.807) is 0 Å². The van der Waals surface area contributed by atoms with Crippen LogP contribution in [0, 0.1) is 28.1 Å². The molecule has 0 aromatic heterocycles. The van der Waals surface area contributed by atoms with Crippen LogP contribution >= 0.6 is 0 Å². The maximum atomic E-state index is 8.63. The van der Waals surface area contributed by atoms with Gasteiger partial charge >= 0.3 is 0 Å². The van der Waals surface area contributed by atoms with Crippen molar-refractivity contribution in [3.63, 3.8) is 0 Å². The standard InChI is InChI=1S/C9H15N4/c1-2-6-13(7-3-10,8-4-11)9-5-12/h3,10H,2,6-9H2,1H3/q+1. The van der Waals surface area contributed by atoms with Crippen LogP contribution in [0.1, 0.15) is 13.3 Å². The van der Waals surface area contributed by atoms with Crippen LogP contribution in [-0.4, -0.2) is 36.9 Å². The zero-order valence-electron chi connectivity index (χ0n) is 7.95. The maximum absolute atomic E-state index is 8.63. The number of nitrogens with zero attached hydrogens (tertiary/aromatic N) is 3. The molecule has 0 heterocycles. The third-order valence-corrected chi connectivity index (χ3v) is 1.99. The Balaban J connectivity index is 4.50. The topological polar surface area (TPSA) is 71.4 Å². The second kappa shape index (κ2) is 6.16. The molecule has 0 aliphatic rings.